The lowest BCUT2D eigenvalue weighted by atomic mass is 9.94. The molecule has 1 aromatic heterocycles. The van der Waals surface area contributed by atoms with Gasteiger partial charge in [0.25, 0.3) is 5.91 Å². The van der Waals surface area contributed by atoms with E-state index in [0.717, 1.165) is 11.0 Å². The average Bonchev–Trinajstić information content (AvgIpc) is 3.25. The maximum atomic E-state index is 13.0. The number of H-pyrrole nitrogens is 1. The van der Waals surface area contributed by atoms with Crippen LogP contribution < -0.4 is 0 Å². The summed E-state index contributed by atoms with van der Waals surface area (Å²) >= 11 is 0. The van der Waals surface area contributed by atoms with Crippen molar-refractivity contribution < 1.29 is 19.5 Å². The molecule has 2 N–H and O–H groups in total. The molecule has 1 aliphatic rings. The Balaban J connectivity index is 1.43. The summed E-state index contributed by atoms with van der Waals surface area (Å²) in [5.41, 5.74) is 2.86. The number of nitrogens with zero attached hydrogens (tertiary/aromatic N) is 3. The van der Waals surface area contributed by atoms with Gasteiger partial charge in [0.15, 0.2) is 0 Å². The molecule has 8 nitrogen and oxygen atoms in total. The van der Waals surface area contributed by atoms with Gasteiger partial charge in [-0.25, -0.2) is 4.98 Å². The number of carboxylic acids is 1. The van der Waals surface area contributed by atoms with Crippen molar-refractivity contribution in [2.24, 2.45) is 0 Å². The topological polar surface area (TPSA) is 107 Å². The molecule has 4 rings (SSSR count). The number of carboxylic acid groups (broad SMARTS) is 1. The highest BCUT2D eigenvalue weighted by molar-refractivity contribution is 5.97. The Morgan fingerprint density at radius 3 is 2.40 bits per heavy atom. The monoisotopic (exact) mass is 406 g/mol. The van der Waals surface area contributed by atoms with Crippen LogP contribution in [0.4, 0.5) is 0 Å². The minimum atomic E-state index is -1.01. The molecule has 1 atom stereocenters. The van der Waals surface area contributed by atoms with E-state index in [1.54, 1.807) is 58.6 Å². The number of amides is 2. The first kappa shape index (κ1) is 19.6. The van der Waals surface area contributed by atoms with Crippen LogP contribution >= 0.6 is 0 Å². The third-order valence-electron chi connectivity index (χ3n) is 5.42. The smallest absolute Gasteiger partial charge is 0.304 e. The van der Waals surface area contributed by atoms with E-state index in [0.29, 0.717) is 37.3 Å². The Hall–Kier alpha value is -3.68. The molecule has 0 saturated carbocycles. The summed E-state index contributed by atoms with van der Waals surface area (Å²) in [5.74, 6) is -2.05. The van der Waals surface area contributed by atoms with Gasteiger partial charge in [-0.1, -0.05) is 30.3 Å². The fourth-order valence-corrected chi connectivity index (χ4v) is 3.81. The molecule has 0 radical (unpaired) electrons. The van der Waals surface area contributed by atoms with E-state index in [1.165, 1.54) is 0 Å². The number of carbonyl (C=O) groups is 3. The molecule has 0 aliphatic carbocycles. The molecule has 1 fully saturated rings. The van der Waals surface area contributed by atoms with Gasteiger partial charge in [-0.2, -0.15) is 0 Å². The molecular formula is C22H22N4O4. The highest BCUT2D eigenvalue weighted by Crippen LogP contribution is 2.23. The number of aromatic amines is 1. The molecular weight excluding hydrogens is 384 g/mol. The minimum Gasteiger partial charge on any atom is -0.481 e. The van der Waals surface area contributed by atoms with Crippen molar-refractivity contribution in [2.45, 2.75) is 12.3 Å². The van der Waals surface area contributed by atoms with Crippen LogP contribution in [0.2, 0.25) is 0 Å². The Morgan fingerprint density at radius 1 is 1.00 bits per heavy atom. The van der Waals surface area contributed by atoms with Gasteiger partial charge in [-0.3, -0.25) is 14.4 Å². The van der Waals surface area contributed by atoms with Crippen LogP contribution in [-0.4, -0.2) is 68.8 Å². The number of nitrogens with one attached hydrogen (secondary N) is 1. The van der Waals surface area contributed by atoms with Gasteiger partial charge in [0.1, 0.15) is 0 Å². The normalized spacial score (nSPS) is 15.2. The number of aliphatic carboxylic acids is 1. The average molecular weight is 406 g/mol. The number of fused-ring (bicyclic) bond motifs is 1. The molecule has 30 heavy (non-hydrogen) atoms. The second kappa shape index (κ2) is 8.36. The molecule has 2 aromatic carbocycles. The predicted octanol–water partition coefficient (Wildman–Crippen LogP) is 2.11. The van der Waals surface area contributed by atoms with Gasteiger partial charge in [-0.15, -0.1) is 0 Å². The summed E-state index contributed by atoms with van der Waals surface area (Å²) < 4.78 is 0. The van der Waals surface area contributed by atoms with E-state index in [4.69, 9.17) is 0 Å². The van der Waals surface area contributed by atoms with Crippen molar-refractivity contribution >= 4 is 28.8 Å². The van der Waals surface area contributed by atoms with Gasteiger partial charge in [0.05, 0.1) is 29.7 Å². The van der Waals surface area contributed by atoms with Gasteiger partial charge in [-0.05, 0) is 23.8 Å². The first-order chi connectivity index (χ1) is 14.5. The summed E-state index contributed by atoms with van der Waals surface area (Å²) in [6, 6.07) is 14.3. The predicted molar refractivity (Wildman–Crippen MR) is 110 cm³/mol. The van der Waals surface area contributed by atoms with Crippen LogP contribution in [0.15, 0.2) is 54.9 Å². The molecule has 8 heteroatoms. The summed E-state index contributed by atoms with van der Waals surface area (Å²) in [4.78, 5) is 47.7. The van der Waals surface area contributed by atoms with Crippen LogP contribution in [-0.2, 0) is 9.59 Å². The zero-order chi connectivity index (χ0) is 21.1. The third-order valence-corrected chi connectivity index (χ3v) is 5.42. The second-order valence-electron chi connectivity index (χ2n) is 7.31. The van der Waals surface area contributed by atoms with Crippen molar-refractivity contribution in [1.29, 1.82) is 0 Å². The van der Waals surface area contributed by atoms with Crippen molar-refractivity contribution in [2.75, 3.05) is 26.2 Å². The number of benzene rings is 2. The van der Waals surface area contributed by atoms with E-state index in [9.17, 15) is 19.5 Å². The molecule has 1 aliphatic heterocycles. The van der Waals surface area contributed by atoms with Crippen molar-refractivity contribution in [3.63, 3.8) is 0 Å². The molecule has 154 valence electrons. The maximum Gasteiger partial charge on any atom is 0.304 e. The molecule has 1 unspecified atom stereocenters. The van der Waals surface area contributed by atoms with Gasteiger partial charge < -0.3 is 19.9 Å². The third kappa shape index (κ3) is 4.03. The van der Waals surface area contributed by atoms with Crippen LogP contribution in [0.3, 0.4) is 0 Å². The summed E-state index contributed by atoms with van der Waals surface area (Å²) in [6.45, 7) is 1.56. The molecule has 1 saturated heterocycles. The Kier molecular flexibility index (Phi) is 5.47. The molecule has 0 spiro atoms. The number of hydrogen-bond donors (Lipinski definition) is 2. The van der Waals surface area contributed by atoms with E-state index in [1.807, 2.05) is 6.07 Å². The van der Waals surface area contributed by atoms with Crippen molar-refractivity contribution in [3.05, 3.63) is 66.0 Å². The van der Waals surface area contributed by atoms with Gasteiger partial charge >= 0.3 is 5.97 Å². The molecule has 2 heterocycles. The minimum absolute atomic E-state index is 0.0938. The number of imidazole rings is 1. The second-order valence-corrected chi connectivity index (χ2v) is 7.31. The van der Waals surface area contributed by atoms with E-state index >= 15 is 0 Å². The Labute approximate surface area is 173 Å². The standard InChI is InChI=1S/C22H22N4O4/c27-20(28)13-17(15-4-2-1-3-5-15)22(30)26-10-8-25(9-11-26)21(29)16-6-7-18-19(12-16)24-14-23-18/h1-7,12,14,17H,8-11,13H2,(H,23,24)(H,27,28). The summed E-state index contributed by atoms with van der Waals surface area (Å²) in [6.07, 6.45) is 1.33. The fraction of sp³-hybridized carbons (Fsp3) is 0.273. The van der Waals surface area contributed by atoms with Gasteiger partial charge in [0.2, 0.25) is 5.91 Å². The first-order valence-corrected chi connectivity index (χ1v) is 9.81. The molecule has 2 amide bonds. The lowest BCUT2D eigenvalue weighted by Crippen LogP contribution is -2.51. The van der Waals surface area contributed by atoms with Crippen molar-refractivity contribution in [3.8, 4) is 0 Å². The molecule has 0 bridgehead atoms. The summed E-state index contributed by atoms with van der Waals surface area (Å²) in [7, 11) is 0. The van der Waals surface area contributed by atoms with Crippen molar-refractivity contribution in [1.82, 2.24) is 19.8 Å². The number of carbonyl (C=O) groups excluding carboxylic acids is 2. The zero-order valence-corrected chi connectivity index (χ0v) is 16.3. The highest BCUT2D eigenvalue weighted by Gasteiger charge is 2.31. The maximum absolute atomic E-state index is 13.0. The quantitative estimate of drug-likeness (QED) is 0.675. The first-order valence-electron chi connectivity index (χ1n) is 9.81. The zero-order valence-electron chi connectivity index (χ0n) is 16.3. The fourth-order valence-electron chi connectivity index (χ4n) is 3.81. The van der Waals surface area contributed by atoms with Crippen LogP contribution in [0, 0.1) is 0 Å². The Morgan fingerprint density at radius 2 is 1.70 bits per heavy atom. The SMILES string of the molecule is O=C(O)CC(C(=O)N1CCN(C(=O)c2ccc3nc[nH]c3c2)CC1)c1ccccc1. The largest absolute Gasteiger partial charge is 0.481 e. The lowest BCUT2D eigenvalue weighted by Gasteiger charge is -2.36. The van der Waals surface area contributed by atoms with Gasteiger partial charge in [0, 0.05) is 31.7 Å². The summed E-state index contributed by atoms with van der Waals surface area (Å²) in [5, 5.41) is 9.26. The number of aromatic nitrogens is 2. The van der Waals surface area contributed by atoms with Crippen LogP contribution in [0.1, 0.15) is 28.3 Å². The number of rotatable bonds is 5. The highest BCUT2D eigenvalue weighted by atomic mass is 16.4. The molecule has 3 aromatic rings. The number of piperazine rings is 1. The number of hydrogen-bond acceptors (Lipinski definition) is 4. The van der Waals surface area contributed by atoms with E-state index in [2.05, 4.69) is 9.97 Å². The van der Waals surface area contributed by atoms with Crippen LogP contribution in [0.5, 0.6) is 0 Å². The van der Waals surface area contributed by atoms with E-state index < -0.39 is 11.9 Å². The Bertz CT molecular complexity index is 1070. The van der Waals surface area contributed by atoms with Crippen LogP contribution in [0.25, 0.3) is 11.0 Å². The lowest BCUT2D eigenvalue weighted by molar-refractivity contribution is -0.142. The van der Waals surface area contributed by atoms with E-state index in [-0.39, 0.29) is 18.2 Å².